The van der Waals surface area contributed by atoms with Crippen molar-refractivity contribution >= 4 is 11.8 Å². The van der Waals surface area contributed by atoms with Crippen molar-refractivity contribution < 1.29 is 9.90 Å². The molecule has 1 heterocycles. The summed E-state index contributed by atoms with van der Waals surface area (Å²) in [4.78, 5) is 27.1. The maximum atomic E-state index is 12.2. The van der Waals surface area contributed by atoms with Gasteiger partial charge < -0.3 is 15.0 Å². The molecule has 1 atom stereocenters. The zero-order valence-electron chi connectivity index (χ0n) is 11.2. The monoisotopic (exact) mass is 265 g/mol. The Balaban J connectivity index is 2.19. The Labute approximate surface area is 111 Å². The minimum absolute atomic E-state index is 0.0306. The van der Waals surface area contributed by atoms with Crippen molar-refractivity contribution in [2.24, 2.45) is 5.92 Å². The van der Waals surface area contributed by atoms with Crippen molar-refractivity contribution in [1.82, 2.24) is 9.55 Å². The van der Waals surface area contributed by atoms with Crippen LogP contribution in [-0.4, -0.2) is 26.7 Å². The highest BCUT2D eigenvalue weighted by molar-refractivity contribution is 5.68. The second-order valence-electron chi connectivity index (χ2n) is 5.31. The van der Waals surface area contributed by atoms with Crippen LogP contribution < -0.4 is 10.9 Å². The number of nitrogens with zero attached hydrogens (tertiary/aromatic N) is 2. The Morgan fingerprint density at radius 1 is 1.58 bits per heavy atom. The van der Waals surface area contributed by atoms with Crippen LogP contribution >= 0.6 is 0 Å². The van der Waals surface area contributed by atoms with Crippen LogP contribution in [0.5, 0.6) is 0 Å². The van der Waals surface area contributed by atoms with Gasteiger partial charge in [-0.25, -0.2) is 4.98 Å². The molecule has 0 amide bonds. The highest BCUT2D eigenvalue weighted by Crippen LogP contribution is 2.33. The zero-order chi connectivity index (χ0) is 14.0. The molecule has 19 heavy (non-hydrogen) atoms. The Morgan fingerprint density at radius 2 is 2.26 bits per heavy atom. The molecule has 104 valence electrons. The molecule has 6 nitrogen and oxygen atoms in total. The number of aromatic nitrogens is 2. The summed E-state index contributed by atoms with van der Waals surface area (Å²) in [5.74, 6) is -0.536. The molecule has 0 aromatic carbocycles. The predicted octanol–water partition coefficient (Wildman–Crippen LogP) is 1.49. The molecule has 0 aliphatic heterocycles. The number of nitrogens with one attached hydrogen (secondary N) is 1. The van der Waals surface area contributed by atoms with E-state index in [1.54, 1.807) is 17.0 Å². The van der Waals surface area contributed by atoms with Crippen LogP contribution in [-0.2, 0) is 4.79 Å². The van der Waals surface area contributed by atoms with Crippen molar-refractivity contribution in [2.75, 3.05) is 5.32 Å². The maximum Gasteiger partial charge on any atom is 0.305 e. The fourth-order valence-corrected chi connectivity index (χ4v) is 1.98. The SMILES string of the molecule is CC(C)C(CC(=O)O)Nc1nccn(C2CC2)c1=O. The molecular weight excluding hydrogens is 246 g/mol. The van der Waals surface area contributed by atoms with Crippen LogP contribution in [0.2, 0.25) is 0 Å². The van der Waals surface area contributed by atoms with E-state index in [2.05, 4.69) is 10.3 Å². The third-order valence-electron chi connectivity index (χ3n) is 3.33. The second-order valence-corrected chi connectivity index (χ2v) is 5.31. The van der Waals surface area contributed by atoms with Crippen LogP contribution in [0.15, 0.2) is 17.2 Å². The van der Waals surface area contributed by atoms with Gasteiger partial charge in [0.05, 0.1) is 6.42 Å². The summed E-state index contributed by atoms with van der Waals surface area (Å²) < 4.78 is 1.67. The van der Waals surface area contributed by atoms with Gasteiger partial charge in [-0.15, -0.1) is 0 Å². The number of anilines is 1. The molecule has 0 spiro atoms. The van der Waals surface area contributed by atoms with Gasteiger partial charge in [0, 0.05) is 24.5 Å². The minimum atomic E-state index is -0.885. The fourth-order valence-electron chi connectivity index (χ4n) is 1.98. The Morgan fingerprint density at radius 3 is 2.79 bits per heavy atom. The van der Waals surface area contributed by atoms with E-state index in [4.69, 9.17) is 5.11 Å². The number of rotatable bonds is 6. The minimum Gasteiger partial charge on any atom is -0.481 e. The molecular formula is C13H19N3O3. The summed E-state index contributed by atoms with van der Waals surface area (Å²) in [6.45, 7) is 3.84. The largest absolute Gasteiger partial charge is 0.481 e. The van der Waals surface area contributed by atoms with Gasteiger partial charge in [0.25, 0.3) is 5.56 Å². The smallest absolute Gasteiger partial charge is 0.305 e. The highest BCUT2D eigenvalue weighted by atomic mass is 16.4. The summed E-state index contributed by atoms with van der Waals surface area (Å²) in [7, 11) is 0. The summed E-state index contributed by atoms with van der Waals surface area (Å²) in [5, 5.41) is 11.9. The van der Waals surface area contributed by atoms with Crippen LogP contribution in [0.25, 0.3) is 0 Å². The van der Waals surface area contributed by atoms with E-state index in [1.807, 2.05) is 13.8 Å². The average Bonchev–Trinajstić information content (AvgIpc) is 3.14. The zero-order valence-corrected chi connectivity index (χ0v) is 11.2. The molecule has 1 aromatic rings. The molecule has 6 heteroatoms. The summed E-state index contributed by atoms with van der Waals surface area (Å²) in [6, 6.07) is -0.0132. The molecule has 1 unspecified atom stereocenters. The van der Waals surface area contributed by atoms with Crippen molar-refractivity contribution in [3.8, 4) is 0 Å². The first kappa shape index (κ1) is 13.6. The van der Waals surface area contributed by atoms with Gasteiger partial charge in [0.1, 0.15) is 0 Å². The second kappa shape index (κ2) is 5.42. The van der Waals surface area contributed by atoms with Crippen molar-refractivity contribution in [3.63, 3.8) is 0 Å². The molecule has 1 aliphatic rings. The molecule has 1 fully saturated rings. The molecule has 2 N–H and O–H groups in total. The lowest BCUT2D eigenvalue weighted by molar-refractivity contribution is -0.137. The molecule has 0 bridgehead atoms. The Kier molecular flexibility index (Phi) is 3.87. The van der Waals surface area contributed by atoms with E-state index in [0.717, 1.165) is 12.8 Å². The topological polar surface area (TPSA) is 84.2 Å². The van der Waals surface area contributed by atoms with Gasteiger partial charge in [-0.2, -0.15) is 0 Å². The number of aliphatic carboxylic acids is 1. The number of carbonyl (C=O) groups is 1. The van der Waals surface area contributed by atoms with E-state index >= 15 is 0 Å². The first-order valence-corrected chi connectivity index (χ1v) is 6.54. The van der Waals surface area contributed by atoms with E-state index in [0.29, 0.717) is 0 Å². The first-order chi connectivity index (χ1) is 8.99. The van der Waals surface area contributed by atoms with Gasteiger partial charge in [-0.3, -0.25) is 9.59 Å². The summed E-state index contributed by atoms with van der Waals surface area (Å²) >= 11 is 0. The van der Waals surface area contributed by atoms with Crippen LogP contribution in [0, 0.1) is 5.92 Å². The number of hydrogen-bond acceptors (Lipinski definition) is 4. The maximum absolute atomic E-state index is 12.2. The third-order valence-corrected chi connectivity index (χ3v) is 3.33. The standard InChI is InChI=1S/C13H19N3O3/c1-8(2)10(7-11(17)18)15-12-13(19)16(6-5-14-12)9-3-4-9/h5-6,8-10H,3-4,7H2,1-2H3,(H,14,15)(H,17,18). The van der Waals surface area contributed by atoms with Crippen LogP contribution in [0.4, 0.5) is 5.82 Å². The Hall–Kier alpha value is -1.85. The number of carboxylic acids is 1. The predicted molar refractivity (Wildman–Crippen MR) is 71.3 cm³/mol. The van der Waals surface area contributed by atoms with E-state index in [1.165, 1.54) is 0 Å². The van der Waals surface area contributed by atoms with Crippen molar-refractivity contribution in [2.45, 2.75) is 45.2 Å². The third kappa shape index (κ3) is 3.33. The number of hydrogen-bond donors (Lipinski definition) is 2. The fraction of sp³-hybridized carbons (Fsp3) is 0.615. The molecule has 0 saturated heterocycles. The van der Waals surface area contributed by atoms with Crippen LogP contribution in [0.3, 0.4) is 0 Å². The molecule has 1 saturated carbocycles. The van der Waals surface area contributed by atoms with E-state index in [9.17, 15) is 9.59 Å². The lowest BCUT2D eigenvalue weighted by Gasteiger charge is -2.21. The van der Waals surface area contributed by atoms with Gasteiger partial charge in [0.2, 0.25) is 0 Å². The van der Waals surface area contributed by atoms with Crippen molar-refractivity contribution in [1.29, 1.82) is 0 Å². The van der Waals surface area contributed by atoms with Crippen LogP contribution in [0.1, 0.15) is 39.2 Å². The molecule has 2 rings (SSSR count). The normalized spacial score (nSPS) is 16.4. The summed E-state index contributed by atoms with van der Waals surface area (Å²) in [6.07, 6.45) is 5.28. The molecule has 0 radical (unpaired) electrons. The van der Waals surface area contributed by atoms with E-state index < -0.39 is 5.97 Å². The average molecular weight is 265 g/mol. The number of carboxylic acid groups (broad SMARTS) is 1. The van der Waals surface area contributed by atoms with Gasteiger partial charge in [-0.05, 0) is 18.8 Å². The van der Waals surface area contributed by atoms with Crippen molar-refractivity contribution in [3.05, 3.63) is 22.7 Å². The van der Waals surface area contributed by atoms with Gasteiger partial charge in [0.15, 0.2) is 5.82 Å². The van der Waals surface area contributed by atoms with Gasteiger partial charge in [-0.1, -0.05) is 13.8 Å². The lowest BCUT2D eigenvalue weighted by Crippen LogP contribution is -2.33. The first-order valence-electron chi connectivity index (χ1n) is 6.54. The molecule has 1 aromatic heterocycles. The lowest BCUT2D eigenvalue weighted by atomic mass is 10.0. The van der Waals surface area contributed by atoms with Gasteiger partial charge >= 0.3 is 5.97 Å². The highest BCUT2D eigenvalue weighted by Gasteiger charge is 2.26. The quantitative estimate of drug-likeness (QED) is 0.814. The van der Waals surface area contributed by atoms with E-state index in [-0.39, 0.29) is 35.8 Å². The summed E-state index contributed by atoms with van der Waals surface area (Å²) in [5.41, 5.74) is -0.166. The molecule has 1 aliphatic carbocycles. The Bertz CT molecular complexity index is 520.